The van der Waals surface area contributed by atoms with E-state index in [-0.39, 0.29) is 17.7 Å². The number of amides is 1. The summed E-state index contributed by atoms with van der Waals surface area (Å²) in [7, 11) is 0. The Morgan fingerprint density at radius 3 is 3.21 bits per heavy atom. The van der Waals surface area contributed by atoms with Crippen molar-refractivity contribution in [1.82, 2.24) is 15.3 Å². The van der Waals surface area contributed by atoms with Crippen molar-refractivity contribution >= 4 is 34.4 Å². The number of terminal acetylenes is 1. The summed E-state index contributed by atoms with van der Waals surface area (Å²) in [6.45, 7) is 2.04. The Bertz CT molecular complexity index is 644. The summed E-state index contributed by atoms with van der Waals surface area (Å²) < 4.78 is 0. The van der Waals surface area contributed by atoms with Crippen LogP contribution < -0.4 is 11.1 Å². The molecule has 19 heavy (non-hydrogen) atoms. The summed E-state index contributed by atoms with van der Waals surface area (Å²) in [6.07, 6.45) is 5.09. The van der Waals surface area contributed by atoms with Gasteiger partial charge in [0.25, 0.3) is 0 Å². The number of hydrogen-bond acceptors (Lipinski definition) is 4. The van der Waals surface area contributed by atoms with Crippen LogP contribution in [-0.4, -0.2) is 27.7 Å². The van der Waals surface area contributed by atoms with Gasteiger partial charge in [0, 0.05) is 5.69 Å². The summed E-state index contributed by atoms with van der Waals surface area (Å²) in [5.74, 6) is 2.26. The van der Waals surface area contributed by atoms with Crippen molar-refractivity contribution in [3.63, 3.8) is 0 Å². The lowest BCUT2D eigenvalue weighted by molar-refractivity contribution is -0.120. The molecular formula is C13H14N4OS. The Morgan fingerprint density at radius 1 is 1.68 bits per heavy atom. The summed E-state index contributed by atoms with van der Waals surface area (Å²) in [4.78, 5) is 19.2. The number of nitrogens with two attached hydrogens (primary N) is 1. The van der Waals surface area contributed by atoms with E-state index in [0.717, 1.165) is 11.0 Å². The second-order valence-corrected chi connectivity index (χ2v) is 5.33. The maximum atomic E-state index is 11.7. The smallest absolute Gasteiger partial charge is 0.234 e. The summed E-state index contributed by atoms with van der Waals surface area (Å²) >= 11 is 1.35. The van der Waals surface area contributed by atoms with Crippen LogP contribution in [0.25, 0.3) is 11.0 Å². The largest absolute Gasteiger partial charge is 0.399 e. The number of aromatic amines is 1. The fourth-order valence-electron chi connectivity index (χ4n) is 1.56. The number of anilines is 1. The van der Waals surface area contributed by atoms with Crippen LogP contribution in [0.3, 0.4) is 0 Å². The minimum atomic E-state index is -0.272. The number of hydrogen-bond donors (Lipinski definition) is 3. The number of nitrogen functional groups attached to an aromatic ring is 1. The number of benzene rings is 1. The Labute approximate surface area is 115 Å². The van der Waals surface area contributed by atoms with E-state index in [1.165, 1.54) is 11.8 Å². The Morgan fingerprint density at radius 2 is 2.47 bits per heavy atom. The third kappa shape index (κ3) is 3.20. The van der Waals surface area contributed by atoms with Crippen molar-refractivity contribution in [3.05, 3.63) is 18.2 Å². The highest BCUT2D eigenvalue weighted by atomic mass is 32.2. The fraction of sp³-hybridized carbons (Fsp3) is 0.231. The van der Waals surface area contributed by atoms with Crippen LogP contribution in [-0.2, 0) is 4.79 Å². The molecule has 2 aromatic rings. The van der Waals surface area contributed by atoms with Gasteiger partial charge < -0.3 is 16.0 Å². The summed E-state index contributed by atoms with van der Waals surface area (Å²) in [5.41, 5.74) is 8.06. The molecule has 1 heterocycles. The third-order valence-corrected chi connectivity index (χ3v) is 3.49. The minimum absolute atomic E-state index is 0.108. The van der Waals surface area contributed by atoms with Crippen molar-refractivity contribution < 1.29 is 4.79 Å². The average molecular weight is 274 g/mol. The van der Waals surface area contributed by atoms with Gasteiger partial charge in [-0.25, -0.2) is 4.98 Å². The van der Waals surface area contributed by atoms with E-state index in [1.807, 2.05) is 12.1 Å². The van der Waals surface area contributed by atoms with Gasteiger partial charge in [0.15, 0.2) is 5.16 Å². The van der Waals surface area contributed by atoms with Crippen molar-refractivity contribution in [2.45, 2.75) is 17.3 Å². The van der Waals surface area contributed by atoms with Crippen LogP contribution >= 0.6 is 11.8 Å². The predicted octanol–water partition coefficient (Wildman–Crippen LogP) is 1.38. The molecule has 1 amide bonds. The standard InChI is InChI=1S/C13H14N4OS/c1-3-6-15-12(18)8(2)19-13-16-10-5-4-9(14)7-11(10)17-13/h1,4-5,7-8H,6,14H2,2H3,(H,15,18)(H,16,17). The lowest BCUT2D eigenvalue weighted by Crippen LogP contribution is -2.31. The van der Waals surface area contributed by atoms with E-state index in [1.54, 1.807) is 13.0 Å². The number of nitrogens with zero attached hydrogens (tertiary/aromatic N) is 1. The number of imidazole rings is 1. The molecule has 1 atom stereocenters. The van der Waals surface area contributed by atoms with Crippen LogP contribution in [0.4, 0.5) is 5.69 Å². The first-order chi connectivity index (χ1) is 9.10. The lowest BCUT2D eigenvalue weighted by Gasteiger charge is -2.07. The third-order valence-electron chi connectivity index (χ3n) is 2.51. The first-order valence-corrected chi connectivity index (χ1v) is 6.61. The fourth-order valence-corrected chi connectivity index (χ4v) is 2.41. The molecule has 1 unspecified atom stereocenters. The van der Waals surface area contributed by atoms with E-state index in [4.69, 9.17) is 12.2 Å². The van der Waals surface area contributed by atoms with E-state index in [9.17, 15) is 4.79 Å². The Hall–Kier alpha value is -2.13. The molecule has 98 valence electrons. The van der Waals surface area contributed by atoms with Crippen LogP contribution in [0.2, 0.25) is 0 Å². The van der Waals surface area contributed by atoms with Crippen LogP contribution in [0.5, 0.6) is 0 Å². The molecular weight excluding hydrogens is 260 g/mol. The molecule has 0 bridgehead atoms. The second-order valence-electron chi connectivity index (χ2n) is 4.00. The molecule has 5 nitrogen and oxygen atoms in total. The summed E-state index contributed by atoms with van der Waals surface area (Å²) in [5, 5.41) is 3.05. The monoisotopic (exact) mass is 274 g/mol. The van der Waals surface area contributed by atoms with E-state index in [2.05, 4.69) is 21.2 Å². The lowest BCUT2D eigenvalue weighted by atomic mass is 10.3. The Kier molecular flexibility index (Phi) is 3.97. The van der Waals surface area contributed by atoms with Gasteiger partial charge >= 0.3 is 0 Å². The maximum Gasteiger partial charge on any atom is 0.234 e. The normalized spacial score (nSPS) is 12.0. The van der Waals surface area contributed by atoms with E-state index >= 15 is 0 Å². The zero-order valence-electron chi connectivity index (χ0n) is 10.4. The highest BCUT2D eigenvalue weighted by Crippen LogP contribution is 2.24. The number of carbonyl (C=O) groups is 1. The number of rotatable bonds is 4. The number of fused-ring (bicyclic) bond motifs is 1. The SMILES string of the molecule is C#CCNC(=O)C(C)Sc1nc2ccc(N)cc2[nH]1. The molecule has 6 heteroatoms. The molecule has 0 saturated carbocycles. The number of H-pyrrole nitrogens is 1. The molecule has 1 aromatic heterocycles. The quantitative estimate of drug-likeness (QED) is 0.447. The first-order valence-electron chi connectivity index (χ1n) is 5.73. The van der Waals surface area contributed by atoms with Gasteiger partial charge in [-0.2, -0.15) is 0 Å². The zero-order valence-corrected chi connectivity index (χ0v) is 11.3. The average Bonchev–Trinajstić information content (AvgIpc) is 2.77. The highest BCUT2D eigenvalue weighted by molar-refractivity contribution is 8.00. The molecule has 0 spiro atoms. The van der Waals surface area contributed by atoms with E-state index < -0.39 is 0 Å². The Balaban J connectivity index is 2.09. The molecule has 4 N–H and O–H groups in total. The van der Waals surface area contributed by atoms with Gasteiger partial charge in [0.2, 0.25) is 5.91 Å². The number of nitrogens with one attached hydrogen (secondary N) is 2. The molecule has 2 rings (SSSR count). The van der Waals surface area contributed by atoms with Crippen LogP contribution in [0.15, 0.2) is 23.4 Å². The predicted molar refractivity (Wildman–Crippen MR) is 77.7 cm³/mol. The van der Waals surface area contributed by atoms with Crippen molar-refractivity contribution in [3.8, 4) is 12.3 Å². The van der Waals surface area contributed by atoms with Crippen molar-refractivity contribution in [2.24, 2.45) is 0 Å². The van der Waals surface area contributed by atoms with Crippen molar-refractivity contribution in [1.29, 1.82) is 0 Å². The molecule has 1 aromatic carbocycles. The number of thioether (sulfide) groups is 1. The summed E-state index contributed by atoms with van der Waals surface area (Å²) in [6, 6.07) is 5.45. The first kappa shape index (κ1) is 13.3. The molecule has 0 aliphatic carbocycles. The molecule has 0 radical (unpaired) electrons. The number of carbonyl (C=O) groups excluding carboxylic acids is 1. The molecule has 0 fully saturated rings. The maximum absolute atomic E-state index is 11.7. The molecule has 0 saturated heterocycles. The number of aromatic nitrogens is 2. The van der Waals surface area contributed by atoms with Gasteiger partial charge in [-0.15, -0.1) is 6.42 Å². The van der Waals surface area contributed by atoms with E-state index in [0.29, 0.717) is 10.8 Å². The van der Waals surface area contributed by atoms with Crippen LogP contribution in [0, 0.1) is 12.3 Å². The van der Waals surface area contributed by atoms with Crippen LogP contribution in [0.1, 0.15) is 6.92 Å². The highest BCUT2D eigenvalue weighted by Gasteiger charge is 2.15. The van der Waals surface area contributed by atoms with Gasteiger partial charge in [-0.05, 0) is 25.1 Å². The van der Waals surface area contributed by atoms with Gasteiger partial charge in [0.1, 0.15) is 0 Å². The topological polar surface area (TPSA) is 83.8 Å². The van der Waals surface area contributed by atoms with Gasteiger partial charge in [-0.1, -0.05) is 17.7 Å². The molecule has 0 aliphatic rings. The zero-order chi connectivity index (χ0) is 13.8. The second kappa shape index (κ2) is 5.67. The minimum Gasteiger partial charge on any atom is -0.399 e. The van der Waals surface area contributed by atoms with Gasteiger partial charge in [-0.3, -0.25) is 4.79 Å². The van der Waals surface area contributed by atoms with Crippen molar-refractivity contribution in [2.75, 3.05) is 12.3 Å². The van der Waals surface area contributed by atoms with Gasteiger partial charge in [0.05, 0.1) is 22.8 Å². The molecule has 0 aliphatic heterocycles.